The summed E-state index contributed by atoms with van der Waals surface area (Å²) in [6.07, 6.45) is -0.550. The number of hydrogen-bond acceptors (Lipinski definition) is 4. The average Bonchev–Trinajstić information content (AvgIpc) is 3.10. The summed E-state index contributed by atoms with van der Waals surface area (Å²) < 4.78 is 10.7. The molecule has 0 saturated carbocycles. The molecular weight excluding hydrogens is 378 g/mol. The molecule has 0 radical (unpaired) electrons. The van der Waals surface area contributed by atoms with Crippen molar-refractivity contribution < 1.29 is 19.4 Å². The van der Waals surface area contributed by atoms with Crippen LogP contribution in [-0.4, -0.2) is 31.5 Å². The van der Waals surface area contributed by atoms with Crippen LogP contribution in [0.25, 0.3) is 11.1 Å². The van der Waals surface area contributed by atoms with Gasteiger partial charge >= 0.3 is 6.09 Å². The zero-order chi connectivity index (χ0) is 21.1. The molecule has 3 aromatic carbocycles. The lowest BCUT2D eigenvalue weighted by Gasteiger charge is -2.24. The van der Waals surface area contributed by atoms with Gasteiger partial charge in [0.25, 0.3) is 0 Å². The summed E-state index contributed by atoms with van der Waals surface area (Å²) in [5, 5.41) is 13.4. The molecule has 1 aliphatic carbocycles. The third-order valence-corrected chi connectivity index (χ3v) is 5.63. The fourth-order valence-electron chi connectivity index (χ4n) is 3.95. The van der Waals surface area contributed by atoms with Crippen molar-refractivity contribution in [3.63, 3.8) is 0 Å². The molecule has 5 nitrogen and oxygen atoms in total. The minimum Gasteiger partial charge on any atom is -0.497 e. The Morgan fingerprint density at radius 1 is 0.967 bits per heavy atom. The fourth-order valence-corrected chi connectivity index (χ4v) is 3.95. The van der Waals surface area contributed by atoms with E-state index < -0.39 is 11.7 Å². The molecule has 5 heteroatoms. The molecule has 1 amide bonds. The van der Waals surface area contributed by atoms with Crippen molar-refractivity contribution in [2.45, 2.75) is 18.4 Å². The van der Waals surface area contributed by atoms with E-state index in [4.69, 9.17) is 9.47 Å². The molecule has 1 aliphatic rings. The Bertz CT molecular complexity index is 998. The van der Waals surface area contributed by atoms with Gasteiger partial charge < -0.3 is 19.9 Å². The second kappa shape index (κ2) is 8.20. The van der Waals surface area contributed by atoms with Crippen LogP contribution in [0.3, 0.4) is 0 Å². The summed E-state index contributed by atoms with van der Waals surface area (Å²) in [7, 11) is 1.59. The van der Waals surface area contributed by atoms with E-state index in [9.17, 15) is 9.90 Å². The summed E-state index contributed by atoms with van der Waals surface area (Å²) >= 11 is 0. The van der Waals surface area contributed by atoms with Gasteiger partial charge in [-0.25, -0.2) is 4.79 Å². The van der Waals surface area contributed by atoms with Gasteiger partial charge in [-0.3, -0.25) is 0 Å². The SMILES string of the molecule is COc1ccc(C(C)(O)CNC(=O)OCC2c3ccccc3-c3ccccc32)cc1. The molecular formula is C25H25NO4. The van der Waals surface area contributed by atoms with Crippen molar-refractivity contribution in [3.05, 3.63) is 89.5 Å². The van der Waals surface area contributed by atoms with E-state index in [0.29, 0.717) is 11.3 Å². The molecule has 0 aromatic heterocycles. The maximum Gasteiger partial charge on any atom is 0.407 e. The average molecular weight is 403 g/mol. The van der Waals surface area contributed by atoms with E-state index in [1.807, 2.05) is 24.3 Å². The molecule has 0 aliphatic heterocycles. The predicted molar refractivity (Wildman–Crippen MR) is 116 cm³/mol. The highest BCUT2D eigenvalue weighted by Gasteiger charge is 2.29. The van der Waals surface area contributed by atoms with Crippen LogP contribution in [-0.2, 0) is 10.3 Å². The van der Waals surface area contributed by atoms with Crippen molar-refractivity contribution >= 4 is 6.09 Å². The van der Waals surface area contributed by atoms with Gasteiger partial charge in [-0.1, -0.05) is 60.7 Å². The molecule has 3 aromatic rings. The first kappa shape index (κ1) is 20.0. The summed E-state index contributed by atoms with van der Waals surface area (Å²) in [6, 6.07) is 23.5. The highest BCUT2D eigenvalue weighted by Crippen LogP contribution is 2.44. The van der Waals surface area contributed by atoms with Crippen LogP contribution >= 0.6 is 0 Å². The standard InChI is InChI=1S/C25H25NO4/c1-25(28,17-11-13-18(29-2)14-12-17)16-26-24(27)30-15-23-21-9-5-3-7-19(21)20-8-4-6-10-22(20)23/h3-14,23,28H,15-16H2,1-2H3,(H,26,27). The van der Waals surface area contributed by atoms with Crippen LogP contribution in [0.5, 0.6) is 5.75 Å². The lowest BCUT2D eigenvalue weighted by atomic mass is 9.96. The smallest absolute Gasteiger partial charge is 0.407 e. The van der Waals surface area contributed by atoms with Gasteiger partial charge in [-0.2, -0.15) is 0 Å². The van der Waals surface area contributed by atoms with E-state index in [2.05, 4.69) is 29.6 Å². The van der Waals surface area contributed by atoms with Crippen molar-refractivity contribution in [1.29, 1.82) is 0 Å². The lowest BCUT2D eigenvalue weighted by molar-refractivity contribution is 0.0533. The van der Waals surface area contributed by atoms with Crippen LogP contribution in [0, 0.1) is 0 Å². The van der Waals surface area contributed by atoms with E-state index in [1.54, 1.807) is 38.3 Å². The Labute approximate surface area is 176 Å². The van der Waals surface area contributed by atoms with E-state index in [0.717, 1.165) is 11.1 Å². The first-order valence-corrected chi connectivity index (χ1v) is 9.95. The number of benzene rings is 3. The summed E-state index contributed by atoms with van der Waals surface area (Å²) in [6.45, 7) is 1.93. The molecule has 2 N–H and O–H groups in total. The zero-order valence-corrected chi connectivity index (χ0v) is 17.1. The van der Waals surface area contributed by atoms with Crippen LogP contribution in [0.1, 0.15) is 29.5 Å². The number of hydrogen-bond donors (Lipinski definition) is 2. The maximum absolute atomic E-state index is 12.3. The maximum atomic E-state index is 12.3. The number of methoxy groups -OCH3 is 1. The fraction of sp³-hybridized carbons (Fsp3) is 0.240. The van der Waals surface area contributed by atoms with Crippen LogP contribution in [0.4, 0.5) is 4.79 Å². The van der Waals surface area contributed by atoms with E-state index in [-0.39, 0.29) is 19.1 Å². The lowest BCUT2D eigenvalue weighted by Crippen LogP contribution is -2.39. The van der Waals surface area contributed by atoms with E-state index in [1.165, 1.54) is 11.1 Å². The number of nitrogens with one attached hydrogen (secondary N) is 1. The monoisotopic (exact) mass is 403 g/mol. The van der Waals surface area contributed by atoms with Gasteiger partial charge in [0.05, 0.1) is 13.7 Å². The third kappa shape index (κ3) is 3.89. The van der Waals surface area contributed by atoms with Gasteiger partial charge in [-0.05, 0) is 46.9 Å². The van der Waals surface area contributed by atoms with Crippen LogP contribution in [0.15, 0.2) is 72.8 Å². The third-order valence-electron chi connectivity index (χ3n) is 5.63. The molecule has 1 unspecified atom stereocenters. The minimum atomic E-state index is -1.22. The summed E-state index contributed by atoms with van der Waals surface area (Å²) in [4.78, 5) is 12.3. The quantitative estimate of drug-likeness (QED) is 0.638. The molecule has 0 spiro atoms. The normalized spacial score (nSPS) is 14.4. The van der Waals surface area contributed by atoms with Crippen molar-refractivity contribution in [3.8, 4) is 16.9 Å². The number of carbonyl (C=O) groups excluding carboxylic acids is 1. The topological polar surface area (TPSA) is 67.8 Å². The number of alkyl carbamates (subject to hydrolysis) is 1. The Hall–Kier alpha value is -3.31. The molecule has 1 atom stereocenters. The second-order valence-corrected chi connectivity index (χ2v) is 7.68. The Kier molecular flexibility index (Phi) is 5.46. The van der Waals surface area contributed by atoms with Crippen molar-refractivity contribution in [2.75, 3.05) is 20.3 Å². The Morgan fingerprint density at radius 3 is 2.10 bits per heavy atom. The van der Waals surface area contributed by atoms with Gasteiger partial charge in [0.2, 0.25) is 0 Å². The molecule has 154 valence electrons. The van der Waals surface area contributed by atoms with E-state index >= 15 is 0 Å². The van der Waals surface area contributed by atoms with Crippen LogP contribution < -0.4 is 10.1 Å². The van der Waals surface area contributed by atoms with Gasteiger partial charge in [0.1, 0.15) is 18.0 Å². The number of fused-ring (bicyclic) bond motifs is 3. The van der Waals surface area contributed by atoms with Gasteiger partial charge in [-0.15, -0.1) is 0 Å². The number of rotatable bonds is 6. The number of aliphatic hydroxyl groups is 1. The summed E-state index contributed by atoms with van der Waals surface area (Å²) in [5.41, 5.74) is 4.16. The highest BCUT2D eigenvalue weighted by molar-refractivity contribution is 5.79. The molecule has 0 bridgehead atoms. The number of carbonyl (C=O) groups is 1. The summed E-state index contributed by atoms with van der Waals surface area (Å²) in [5.74, 6) is 0.712. The first-order valence-electron chi connectivity index (χ1n) is 9.95. The minimum absolute atomic E-state index is 0.00486. The largest absolute Gasteiger partial charge is 0.497 e. The van der Waals surface area contributed by atoms with Crippen molar-refractivity contribution in [1.82, 2.24) is 5.32 Å². The zero-order valence-electron chi connectivity index (χ0n) is 17.1. The Morgan fingerprint density at radius 2 is 1.53 bits per heavy atom. The molecule has 0 fully saturated rings. The molecule has 30 heavy (non-hydrogen) atoms. The number of ether oxygens (including phenoxy) is 2. The highest BCUT2D eigenvalue weighted by atomic mass is 16.5. The molecule has 4 rings (SSSR count). The molecule has 0 saturated heterocycles. The Balaban J connectivity index is 1.38. The second-order valence-electron chi connectivity index (χ2n) is 7.68. The number of amides is 1. The van der Waals surface area contributed by atoms with Gasteiger partial charge in [0.15, 0.2) is 0 Å². The van der Waals surface area contributed by atoms with Crippen molar-refractivity contribution in [2.24, 2.45) is 0 Å². The predicted octanol–water partition coefficient (Wildman–Crippen LogP) is 4.44. The van der Waals surface area contributed by atoms with Gasteiger partial charge in [0, 0.05) is 5.92 Å². The van der Waals surface area contributed by atoms with Crippen LogP contribution in [0.2, 0.25) is 0 Å². The molecule has 0 heterocycles. The first-order chi connectivity index (χ1) is 14.5.